The monoisotopic (exact) mass is 276 g/mol. The molecule has 0 bridgehead atoms. The summed E-state index contributed by atoms with van der Waals surface area (Å²) in [5.41, 5.74) is 5.44. The van der Waals surface area contributed by atoms with Crippen LogP contribution in [0.2, 0.25) is 10.2 Å². The molecule has 1 amide bonds. The molecule has 5 nitrogen and oxygen atoms in total. The predicted octanol–water partition coefficient (Wildman–Crippen LogP) is 2.10. The van der Waals surface area contributed by atoms with Gasteiger partial charge in [0.15, 0.2) is 11.0 Å². The zero-order chi connectivity index (χ0) is 13.2. The molecule has 1 aromatic rings. The minimum absolute atomic E-state index is 0.0845. The van der Waals surface area contributed by atoms with E-state index in [1.807, 2.05) is 20.8 Å². The highest BCUT2D eigenvalue weighted by Crippen LogP contribution is 2.26. The van der Waals surface area contributed by atoms with E-state index in [4.69, 9.17) is 28.9 Å². The lowest BCUT2D eigenvalue weighted by molar-refractivity contribution is -0.119. The number of aromatic nitrogens is 2. The van der Waals surface area contributed by atoms with Crippen LogP contribution in [-0.2, 0) is 4.79 Å². The van der Waals surface area contributed by atoms with E-state index in [1.54, 1.807) is 0 Å². The van der Waals surface area contributed by atoms with Gasteiger partial charge < -0.3 is 11.1 Å². The average Bonchev–Trinajstić information content (AvgIpc) is 2.22. The highest BCUT2D eigenvalue weighted by atomic mass is 35.5. The number of halogens is 2. The van der Waals surface area contributed by atoms with E-state index < -0.39 is 6.04 Å². The Morgan fingerprint density at radius 2 is 2.00 bits per heavy atom. The second-order valence-electron chi connectivity index (χ2n) is 4.66. The Kier molecular flexibility index (Phi) is 4.30. The number of nitrogens with zero attached hydrogens (tertiary/aromatic N) is 2. The summed E-state index contributed by atoms with van der Waals surface area (Å²) in [7, 11) is 0. The molecule has 3 N–H and O–H groups in total. The Hall–Kier alpha value is -0.910. The summed E-state index contributed by atoms with van der Waals surface area (Å²) in [6.07, 6.45) is 1.21. The molecule has 0 saturated carbocycles. The fourth-order valence-corrected chi connectivity index (χ4v) is 1.30. The summed E-state index contributed by atoms with van der Waals surface area (Å²) in [5.74, 6) is -0.203. The molecule has 0 aliphatic rings. The molecule has 1 atom stereocenters. The molecule has 0 spiro atoms. The van der Waals surface area contributed by atoms with Gasteiger partial charge in [-0.1, -0.05) is 44.0 Å². The number of nitrogens with one attached hydrogen (secondary N) is 1. The van der Waals surface area contributed by atoms with Crippen molar-refractivity contribution in [1.29, 1.82) is 0 Å². The maximum Gasteiger partial charge on any atom is 0.243 e. The highest BCUT2D eigenvalue weighted by Gasteiger charge is 2.28. The molecule has 7 heteroatoms. The third-order valence-corrected chi connectivity index (χ3v) is 2.95. The van der Waals surface area contributed by atoms with Crippen LogP contribution in [0.25, 0.3) is 0 Å². The van der Waals surface area contributed by atoms with Gasteiger partial charge >= 0.3 is 0 Å². The molecule has 0 saturated heterocycles. The molecular formula is C10H14Cl2N4O. The van der Waals surface area contributed by atoms with Crippen molar-refractivity contribution in [3.63, 3.8) is 0 Å². The second kappa shape index (κ2) is 5.16. The number of anilines is 1. The van der Waals surface area contributed by atoms with E-state index >= 15 is 0 Å². The number of hydrogen-bond acceptors (Lipinski definition) is 4. The van der Waals surface area contributed by atoms with Gasteiger partial charge in [0.2, 0.25) is 5.91 Å². The normalized spacial score (nSPS) is 13.3. The predicted molar refractivity (Wildman–Crippen MR) is 68.1 cm³/mol. The Bertz CT molecular complexity index is 431. The molecule has 17 heavy (non-hydrogen) atoms. The summed E-state index contributed by atoms with van der Waals surface area (Å²) in [5, 5.41) is 2.71. The SMILES string of the molecule is CC(C)(C)C(N)C(=O)Nc1ncnc(Cl)c1Cl. The number of amides is 1. The van der Waals surface area contributed by atoms with Crippen LogP contribution in [0.1, 0.15) is 20.8 Å². The maximum atomic E-state index is 11.8. The lowest BCUT2D eigenvalue weighted by Gasteiger charge is -2.25. The lowest BCUT2D eigenvalue weighted by atomic mass is 9.87. The van der Waals surface area contributed by atoms with Crippen LogP contribution < -0.4 is 11.1 Å². The van der Waals surface area contributed by atoms with Gasteiger partial charge in [0, 0.05) is 0 Å². The number of nitrogens with two attached hydrogens (primary N) is 1. The molecule has 1 heterocycles. The van der Waals surface area contributed by atoms with E-state index in [0.29, 0.717) is 0 Å². The van der Waals surface area contributed by atoms with Crippen molar-refractivity contribution in [3.8, 4) is 0 Å². The summed E-state index contributed by atoms with van der Waals surface area (Å²) in [4.78, 5) is 19.3. The minimum atomic E-state index is -0.674. The second-order valence-corrected chi connectivity index (χ2v) is 5.40. The Morgan fingerprint density at radius 3 is 2.53 bits per heavy atom. The first-order valence-electron chi connectivity index (χ1n) is 4.96. The summed E-state index contributed by atoms with van der Waals surface area (Å²) < 4.78 is 0. The smallest absolute Gasteiger partial charge is 0.243 e. The molecule has 1 rings (SSSR count). The van der Waals surface area contributed by atoms with Gasteiger partial charge in [-0.2, -0.15) is 0 Å². The van der Waals surface area contributed by atoms with E-state index in [-0.39, 0.29) is 27.3 Å². The van der Waals surface area contributed by atoms with Crippen LogP contribution in [0.5, 0.6) is 0 Å². The van der Waals surface area contributed by atoms with Gasteiger partial charge in [0.05, 0.1) is 6.04 Å². The summed E-state index contributed by atoms with van der Waals surface area (Å²) >= 11 is 11.5. The van der Waals surface area contributed by atoms with Gasteiger partial charge in [0.1, 0.15) is 11.3 Å². The Balaban J connectivity index is 2.86. The first-order valence-corrected chi connectivity index (χ1v) is 5.71. The van der Waals surface area contributed by atoms with Crippen LogP contribution in [0, 0.1) is 5.41 Å². The highest BCUT2D eigenvalue weighted by molar-refractivity contribution is 6.42. The molecule has 0 aliphatic carbocycles. The molecule has 0 aliphatic heterocycles. The zero-order valence-corrected chi connectivity index (χ0v) is 11.3. The number of carbonyl (C=O) groups is 1. The fourth-order valence-electron chi connectivity index (χ4n) is 1.02. The molecule has 1 unspecified atom stereocenters. The average molecular weight is 277 g/mol. The minimum Gasteiger partial charge on any atom is -0.319 e. The summed E-state index contributed by atoms with van der Waals surface area (Å²) in [6, 6.07) is -0.674. The van der Waals surface area contributed by atoms with Gasteiger partial charge in [0.25, 0.3) is 0 Å². The molecule has 0 fully saturated rings. The van der Waals surface area contributed by atoms with E-state index in [0.717, 1.165) is 0 Å². The van der Waals surface area contributed by atoms with E-state index in [1.165, 1.54) is 6.33 Å². The summed E-state index contributed by atoms with van der Waals surface area (Å²) in [6.45, 7) is 5.60. The zero-order valence-electron chi connectivity index (χ0n) is 9.79. The Morgan fingerprint density at radius 1 is 1.41 bits per heavy atom. The van der Waals surface area contributed by atoms with Crippen molar-refractivity contribution in [2.45, 2.75) is 26.8 Å². The van der Waals surface area contributed by atoms with Crippen molar-refractivity contribution in [2.75, 3.05) is 5.32 Å². The first-order chi connectivity index (χ1) is 7.73. The molecule has 94 valence electrons. The molecule has 0 aromatic carbocycles. The maximum absolute atomic E-state index is 11.8. The number of hydrogen-bond donors (Lipinski definition) is 2. The van der Waals surface area contributed by atoms with Crippen LogP contribution in [0.4, 0.5) is 5.82 Å². The lowest BCUT2D eigenvalue weighted by Crippen LogP contribution is -2.45. The van der Waals surface area contributed by atoms with E-state index in [9.17, 15) is 4.79 Å². The van der Waals surface area contributed by atoms with E-state index in [2.05, 4.69) is 15.3 Å². The third-order valence-electron chi connectivity index (χ3n) is 2.20. The number of rotatable bonds is 2. The van der Waals surface area contributed by atoms with Gasteiger partial charge in [-0.15, -0.1) is 0 Å². The van der Waals surface area contributed by atoms with Crippen LogP contribution in [-0.4, -0.2) is 21.9 Å². The van der Waals surface area contributed by atoms with Gasteiger partial charge in [-0.05, 0) is 5.41 Å². The van der Waals surface area contributed by atoms with Crippen LogP contribution in [0.15, 0.2) is 6.33 Å². The standard InChI is InChI=1S/C10H14Cl2N4O/c1-10(2,3)6(13)9(17)16-8-5(11)7(12)14-4-15-8/h4,6H,13H2,1-3H3,(H,14,15,16,17). The molecule has 1 aromatic heterocycles. The van der Waals surface area contributed by atoms with Crippen LogP contribution in [0.3, 0.4) is 0 Å². The number of carbonyl (C=O) groups excluding carboxylic acids is 1. The van der Waals surface area contributed by atoms with Crippen molar-refractivity contribution in [1.82, 2.24) is 9.97 Å². The van der Waals surface area contributed by atoms with Crippen molar-refractivity contribution < 1.29 is 4.79 Å². The fraction of sp³-hybridized carbons (Fsp3) is 0.500. The first kappa shape index (κ1) is 14.2. The van der Waals surface area contributed by atoms with Crippen molar-refractivity contribution in [2.24, 2.45) is 11.1 Å². The quantitative estimate of drug-likeness (QED) is 0.811. The van der Waals surface area contributed by atoms with Crippen molar-refractivity contribution >= 4 is 34.9 Å². The molecular weight excluding hydrogens is 263 g/mol. The van der Waals surface area contributed by atoms with Crippen molar-refractivity contribution in [3.05, 3.63) is 16.5 Å². The topological polar surface area (TPSA) is 80.9 Å². The third kappa shape index (κ3) is 3.52. The largest absolute Gasteiger partial charge is 0.319 e. The molecule has 0 radical (unpaired) electrons. The van der Waals surface area contributed by atoms with Crippen LogP contribution >= 0.6 is 23.2 Å². The Labute approximate surface area is 110 Å². The van der Waals surface area contributed by atoms with Gasteiger partial charge in [-0.25, -0.2) is 9.97 Å². The van der Waals surface area contributed by atoms with Gasteiger partial charge in [-0.3, -0.25) is 4.79 Å².